The average molecular weight is 484 g/mol. The monoisotopic (exact) mass is 483 g/mol. The van der Waals surface area contributed by atoms with Crippen molar-refractivity contribution in [1.29, 1.82) is 0 Å². The molecule has 0 saturated carbocycles. The van der Waals surface area contributed by atoms with Gasteiger partial charge >= 0.3 is 0 Å². The molecule has 3 aromatic rings. The van der Waals surface area contributed by atoms with Gasteiger partial charge in [-0.05, 0) is 57.2 Å². The largest absolute Gasteiger partial charge is 0.351 e. The lowest BCUT2D eigenvalue weighted by molar-refractivity contribution is -0.130. The lowest BCUT2D eigenvalue weighted by Gasteiger charge is -2.46. The number of rotatable bonds is 7. The Morgan fingerprint density at radius 3 is 1.56 bits per heavy atom. The number of amides is 2. The Morgan fingerprint density at radius 2 is 1.11 bits per heavy atom. The third kappa shape index (κ3) is 6.41. The topological polar surface area (TPSA) is 70.2 Å². The molecule has 5 heteroatoms. The number of hydrogen-bond donors (Lipinski definition) is 3. The summed E-state index contributed by atoms with van der Waals surface area (Å²) in [5.74, 6) is -0.918. The average Bonchev–Trinajstić information content (AvgIpc) is 2.82. The van der Waals surface area contributed by atoms with Gasteiger partial charge in [-0.2, -0.15) is 0 Å². The molecule has 1 atom stereocenters. The molecule has 1 saturated heterocycles. The van der Waals surface area contributed by atoms with Gasteiger partial charge in [0.25, 0.3) is 0 Å². The molecule has 1 heterocycles. The minimum atomic E-state index is -0.797. The van der Waals surface area contributed by atoms with Crippen LogP contribution < -0.4 is 16.0 Å². The fraction of sp³-hybridized carbons (Fsp3) is 0.355. The van der Waals surface area contributed by atoms with Crippen molar-refractivity contribution in [2.45, 2.75) is 69.6 Å². The fourth-order valence-electron chi connectivity index (χ4n) is 5.67. The van der Waals surface area contributed by atoms with Crippen LogP contribution in [0.15, 0.2) is 91.0 Å². The predicted octanol–water partition coefficient (Wildman–Crippen LogP) is 5.10. The number of piperidine rings is 1. The maximum Gasteiger partial charge on any atom is 0.247 e. The maximum absolute atomic E-state index is 13.8. The quantitative estimate of drug-likeness (QED) is 0.438. The molecular weight excluding hydrogens is 446 g/mol. The lowest BCUT2D eigenvalue weighted by Crippen LogP contribution is -2.62. The number of nitrogens with one attached hydrogen (secondary N) is 3. The zero-order valence-corrected chi connectivity index (χ0v) is 21.6. The van der Waals surface area contributed by atoms with Gasteiger partial charge in [0.1, 0.15) is 6.04 Å². The Kier molecular flexibility index (Phi) is 7.60. The van der Waals surface area contributed by atoms with Crippen LogP contribution in [-0.2, 0) is 9.59 Å². The number of carbonyl (C=O) groups is 2. The van der Waals surface area contributed by atoms with Crippen LogP contribution in [-0.4, -0.2) is 28.9 Å². The molecule has 1 aliphatic heterocycles. The van der Waals surface area contributed by atoms with Gasteiger partial charge in [-0.3, -0.25) is 9.59 Å². The van der Waals surface area contributed by atoms with Gasteiger partial charge in [-0.1, -0.05) is 91.0 Å². The molecule has 0 bridgehead atoms. The van der Waals surface area contributed by atoms with Crippen molar-refractivity contribution >= 4 is 11.8 Å². The molecule has 0 radical (unpaired) electrons. The van der Waals surface area contributed by atoms with E-state index in [1.807, 2.05) is 91.0 Å². The van der Waals surface area contributed by atoms with Crippen molar-refractivity contribution < 1.29 is 9.59 Å². The Labute approximate surface area is 214 Å². The summed E-state index contributed by atoms with van der Waals surface area (Å²) >= 11 is 0. The van der Waals surface area contributed by atoms with Gasteiger partial charge in [0, 0.05) is 17.1 Å². The van der Waals surface area contributed by atoms with Crippen molar-refractivity contribution in [3.63, 3.8) is 0 Å². The maximum atomic E-state index is 13.8. The minimum absolute atomic E-state index is 0.00547. The van der Waals surface area contributed by atoms with E-state index < -0.39 is 12.0 Å². The highest BCUT2D eigenvalue weighted by molar-refractivity contribution is 5.93. The van der Waals surface area contributed by atoms with E-state index in [2.05, 4.69) is 43.6 Å². The molecule has 1 aliphatic rings. The molecular formula is C31H37N3O2. The van der Waals surface area contributed by atoms with E-state index in [-0.39, 0.29) is 28.9 Å². The molecule has 36 heavy (non-hydrogen) atoms. The van der Waals surface area contributed by atoms with E-state index in [1.165, 1.54) is 0 Å². The van der Waals surface area contributed by atoms with Gasteiger partial charge in [-0.25, -0.2) is 0 Å². The smallest absolute Gasteiger partial charge is 0.247 e. The lowest BCUT2D eigenvalue weighted by atomic mass is 9.79. The number of benzene rings is 3. The van der Waals surface area contributed by atoms with Crippen LogP contribution >= 0.6 is 0 Å². The summed E-state index contributed by atoms with van der Waals surface area (Å²) in [4.78, 5) is 27.5. The molecule has 3 N–H and O–H groups in total. The van der Waals surface area contributed by atoms with E-state index in [9.17, 15) is 9.59 Å². The zero-order valence-electron chi connectivity index (χ0n) is 21.6. The van der Waals surface area contributed by atoms with E-state index in [0.717, 1.165) is 29.5 Å². The molecule has 0 aliphatic carbocycles. The fourth-order valence-corrected chi connectivity index (χ4v) is 5.67. The van der Waals surface area contributed by atoms with Crippen LogP contribution in [0.1, 0.15) is 69.2 Å². The number of carbonyl (C=O) groups excluding carboxylic acids is 2. The molecule has 3 aromatic carbocycles. The molecule has 1 fully saturated rings. The summed E-state index contributed by atoms with van der Waals surface area (Å²) in [5.41, 5.74) is 2.33. The van der Waals surface area contributed by atoms with Crippen LogP contribution in [0, 0.1) is 0 Å². The highest BCUT2D eigenvalue weighted by Gasteiger charge is 2.39. The predicted molar refractivity (Wildman–Crippen MR) is 145 cm³/mol. The summed E-state index contributed by atoms with van der Waals surface area (Å²) in [5, 5.41) is 10.0. The normalized spacial score (nSPS) is 17.8. The molecule has 4 rings (SSSR count). The first-order chi connectivity index (χ1) is 17.1. The third-order valence-corrected chi connectivity index (χ3v) is 6.75. The Bertz CT molecular complexity index is 1100. The molecule has 0 spiro atoms. The summed E-state index contributed by atoms with van der Waals surface area (Å²) in [6.45, 7) is 8.64. The van der Waals surface area contributed by atoms with Crippen LogP contribution in [0.5, 0.6) is 0 Å². The van der Waals surface area contributed by atoms with Gasteiger partial charge in [0.15, 0.2) is 0 Å². The Balaban J connectivity index is 1.61. The van der Waals surface area contributed by atoms with E-state index in [1.54, 1.807) is 0 Å². The second-order valence-electron chi connectivity index (χ2n) is 11.1. The van der Waals surface area contributed by atoms with Gasteiger partial charge in [-0.15, -0.1) is 0 Å². The molecule has 1 unspecified atom stereocenters. The first-order valence-corrected chi connectivity index (χ1v) is 12.7. The van der Waals surface area contributed by atoms with Gasteiger partial charge < -0.3 is 16.0 Å². The SMILES string of the molecule is CC1(C)CC(NC(=O)C(NC(=O)C(c2ccccc2)c2ccccc2)c2ccccc2)CC(C)(C)N1. The molecule has 5 nitrogen and oxygen atoms in total. The van der Waals surface area contributed by atoms with Crippen molar-refractivity contribution in [3.05, 3.63) is 108 Å². The van der Waals surface area contributed by atoms with Crippen LogP contribution in [0.3, 0.4) is 0 Å². The van der Waals surface area contributed by atoms with Crippen molar-refractivity contribution in [3.8, 4) is 0 Å². The van der Waals surface area contributed by atoms with Crippen LogP contribution in [0.2, 0.25) is 0 Å². The van der Waals surface area contributed by atoms with Crippen LogP contribution in [0.25, 0.3) is 0 Å². The summed E-state index contributed by atoms with van der Waals surface area (Å²) in [6, 6.07) is 28.1. The zero-order chi connectivity index (χ0) is 25.8. The van der Waals surface area contributed by atoms with E-state index in [4.69, 9.17) is 0 Å². The first-order valence-electron chi connectivity index (χ1n) is 12.7. The Hall–Kier alpha value is -3.44. The highest BCUT2D eigenvalue weighted by atomic mass is 16.2. The van der Waals surface area contributed by atoms with Crippen molar-refractivity contribution in [2.24, 2.45) is 0 Å². The van der Waals surface area contributed by atoms with Crippen LogP contribution in [0.4, 0.5) is 0 Å². The summed E-state index contributed by atoms with van der Waals surface area (Å²) in [6.07, 6.45) is 1.63. The molecule has 188 valence electrons. The Morgan fingerprint density at radius 1 is 0.694 bits per heavy atom. The van der Waals surface area contributed by atoms with Gasteiger partial charge in [0.05, 0.1) is 5.92 Å². The van der Waals surface area contributed by atoms with Crippen molar-refractivity contribution in [2.75, 3.05) is 0 Å². The minimum Gasteiger partial charge on any atom is -0.351 e. The van der Waals surface area contributed by atoms with Crippen molar-refractivity contribution in [1.82, 2.24) is 16.0 Å². The van der Waals surface area contributed by atoms with Gasteiger partial charge in [0.2, 0.25) is 11.8 Å². The van der Waals surface area contributed by atoms with E-state index >= 15 is 0 Å². The summed E-state index contributed by atoms with van der Waals surface area (Å²) in [7, 11) is 0. The summed E-state index contributed by atoms with van der Waals surface area (Å²) < 4.78 is 0. The molecule has 0 aromatic heterocycles. The second-order valence-corrected chi connectivity index (χ2v) is 11.1. The highest BCUT2D eigenvalue weighted by Crippen LogP contribution is 2.30. The first kappa shape index (κ1) is 25.6. The molecule has 2 amide bonds. The standard InChI is InChI=1S/C31H37N3O2/c1-30(2)20-25(21-31(3,4)34-30)32-29(36)27(24-18-12-7-13-19-24)33-28(35)26(22-14-8-5-9-15-22)23-16-10-6-11-17-23/h5-19,25-27,34H,20-21H2,1-4H3,(H,32,36)(H,33,35). The number of hydrogen-bond acceptors (Lipinski definition) is 3. The van der Waals surface area contributed by atoms with E-state index in [0.29, 0.717) is 0 Å². The second kappa shape index (κ2) is 10.7. The third-order valence-electron chi connectivity index (χ3n) is 6.75.